The van der Waals surface area contributed by atoms with Crippen LogP contribution in [0.25, 0.3) is 0 Å². The van der Waals surface area contributed by atoms with Crippen LogP contribution in [0.15, 0.2) is 54.6 Å². The van der Waals surface area contributed by atoms with E-state index in [2.05, 4.69) is 32.9 Å². The number of rotatable bonds is 4. The van der Waals surface area contributed by atoms with E-state index in [4.69, 9.17) is 10.5 Å². The Morgan fingerprint density at radius 1 is 0.952 bits per heavy atom. The third-order valence-electron chi connectivity index (χ3n) is 3.71. The summed E-state index contributed by atoms with van der Waals surface area (Å²) in [4.78, 5) is 0. The van der Waals surface area contributed by atoms with E-state index >= 15 is 0 Å². The monoisotopic (exact) mass is 283 g/mol. The largest absolute Gasteiger partial charge is 0.489 e. The molecular formula is C19H25NO. The van der Waals surface area contributed by atoms with Crippen molar-refractivity contribution in [1.29, 1.82) is 0 Å². The molecule has 0 aromatic heterocycles. The second-order valence-corrected chi connectivity index (χ2v) is 6.54. The van der Waals surface area contributed by atoms with Crippen LogP contribution >= 0.6 is 0 Å². The Morgan fingerprint density at radius 2 is 1.62 bits per heavy atom. The van der Waals surface area contributed by atoms with Crippen LogP contribution in [0.4, 0.5) is 0 Å². The summed E-state index contributed by atoms with van der Waals surface area (Å²) in [6.45, 7) is 8.61. The lowest BCUT2D eigenvalue weighted by Crippen LogP contribution is -2.28. The molecule has 2 N–H and O–H groups in total. The highest BCUT2D eigenvalue weighted by Crippen LogP contribution is 2.27. The van der Waals surface area contributed by atoms with Gasteiger partial charge in [0.25, 0.3) is 0 Å². The molecule has 0 saturated carbocycles. The molecule has 0 bridgehead atoms. The van der Waals surface area contributed by atoms with Crippen LogP contribution in [0.5, 0.6) is 5.75 Å². The maximum absolute atomic E-state index is 6.29. The van der Waals surface area contributed by atoms with Crippen molar-refractivity contribution >= 4 is 0 Å². The van der Waals surface area contributed by atoms with Gasteiger partial charge in [0, 0.05) is 0 Å². The van der Waals surface area contributed by atoms with Crippen LogP contribution in [-0.2, 0) is 5.41 Å². The van der Waals surface area contributed by atoms with Crippen molar-refractivity contribution in [1.82, 2.24) is 0 Å². The highest BCUT2D eigenvalue weighted by atomic mass is 16.5. The molecule has 0 heterocycles. The molecule has 2 rings (SSSR count). The van der Waals surface area contributed by atoms with Crippen LogP contribution in [0.2, 0.25) is 0 Å². The zero-order valence-corrected chi connectivity index (χ0v) is 13.3. The van der Waals surface area contributed by atoms with Crippen molar-refractivity contribution < 1.29 is 4.74 Å². The van der Waals surface area contributed by atoms with Crippen molar-refractivity contribution in [3.63, 3.8) is 0 Å². The minimum atomic E-state index is -0.135. The molecule has 2 aromatic carbocycles. The van der Waals surface area contributed by atoms with Crippen molar-refractivity contribution in [2.75, 3.05) is 0 Å². The lowest BCUT2D eigenvalue weighted by molar-refractivity contribution is 0.190. The first-order chi connectivity index (χ1) is 9.88. The Morgan fingerprint density at radius 3 is 2.24 bits per heavy atom. The van der Waals surface area contributed by atoms with E-state index < -0.39 is 0 Å². The molecule has 2 nitrogen and oxygen atoms in total. The van der Waals surface area contributed by atoms with Gasteiger partial charge >= 0.3 is 0 Å². The Kier molecular flexibility index (Phi) is 4.69. The summed E-state index contributed by atoms with van der Waals surface area (Å²) in [5, 5.41) is 0. The van der Waals surface area contributed by atoms with E-state index in [0.717, 1.165) is 11.3 Å². The zero-order valence-electron chi connectivity index (χ0n) is 13.3. The van der Waals surface area contributed by atoms with E-state index in [9.17, 15) is 0 Å². The average Bonchev–Trinajstić information content (AvgIpc) is 2.47. The number of nitrogens with two attached hydrogens (primary N) is 1. The van der Waals surface area contributed by atoms with Gasteiger partial charge in [0.2, 0.25) is 0 Å². The fourth-order valence-electron chi connectivity index (χ4n) is 2.27. The fourth-order valence-corrected chi connectivity index (χ4v) is 2.27. The van der Waals surface area contributed by atoms with Gasteiger partial charge < -0.3 is 10.5 Å². The molecule has 0 aliphatic carbocycles. The van der Waals surface area contributed by atoms with Gasteiger partial charge in [0.1, 0.15) is 11.9 Å². The molecule has 0 saturated heterocycles. The van der Waals surface area contributed by atoms with Gasteiger partial charge in [0.05, 0.1) is 6.04 Å². The summed E-state index contributed by atoms with van der Waals surface area (Å²) in [6, 6.07) is 18.2. The minimum Gasteiger partial charge on any atom is -0.489 e. The molecule has 0 radical (unpaired) electrons. The van der Waals surface area contributed by atoms with E-state index in [1.807, 2.05) is 49.4 Å². The van der Waals surface area contributed by atoms with Crippen LogP contribution in [0, 0.1) is 0 Å². The predicted molar refractivity (Wildman–Crippen MR) is 88.6 cm³/mol. The minimum absolute atomic E-state index is 0.0809. The summed E-state index contributed by atoms with van der Waals surface area (Å²) >= 11 is 0. The lowest BCUT2D eigenvalue weighted by atomic mass is 9.87. The number of benzene rings is 2. The normalized spacial score (nSPS) is 14.5. The molecule has 0 fully saturated rings. The standard InChI is InChI=1S/C19H25NO/c1-14(18(20)15-9-6-5-7-10-15)21-17-12-8-11-16(13-17)19(2,3)4/h5-14,18H,20H2,1-4H3. The molecule has 0 spiro atoms. The van der Waals surface area contributed by atoms with Crippen LogP contribution < -0.4 is 10.5 Å². The second kappa shape index (κ2) is 6.31. The van der Waals surface area contributed by atoms with Gasteiger partial charge in [-0.3, -0.25) is 0 Å². The Bertz CT molecular complexity index is 572. The third kappa shape index (κ3) is 4.08. The molecule has 0 aliphatic heterocycles. The molecule has 2 unspecified atom stereocenters. The molecule has 21 heavy (non-hydrogen) atoms. The molecule has 112 valence electrons. The van der Waals surface area contributed by atoms with Gasteiger partial charge in [-0.15, -0.1) is 0 Å². The number of ether oxygens (including phenoxy) is 1. The predicted octanol–water partition coefficient (Wildman–Crippen LogP) is 4.45. The summed E-state index contributed by atoms with van der Waals surface area (Å²) in [5.74, 6) is 0.876. The summed E-state index contributed by atoms with van der Waals surface area (Å²) < 4.78 is 6.04. The van der Waals surface area contributed by atoms with Crippen LogP contribution in [-0.4, -0.2) is 6.10 Å². The van der Waals surface area contributed by atoms with Crippen molar-refractivity contribution in [2.45, 2.75) is 45.3 Å². The van der Waals surface area contributed by atoms with Crippen LogP contribution in [0.3, 0.4) is 0 Å². The Labute approximate surface area is 127 Å². The van der Waals surface area contributed by atoms with E-state index in [-0.39, 0.29) is 17.6 Å². The van der Waals surface area contributed by atoms with Crippen LogP contribution in [0.1, 0.15) is 44.9 Å². The SMILES string of the molecule is CC(Oc1cccc(C(C)(C)C)c1)C(N)c1ccccc1. The summed E-state index contributed by atoms with van der Waals surface area (Å²) in [6.07, 6.45) is -0.0809. The van der Waals surface area contributed by atoms with Gasteiger partial charge in [-0.25, -0.2) is 0 Å². The molecule has 0 aliphatic rings. The zero-order chi connectivity index (χ0) is 15.5. The first kappa shape index (κ1) is 15.6. The van der Waals surface area contributed by atoms with Crippen molar-refractivity contribution in [3.8, 4) is 5.75 Å². The van der Waals surface area contributed by atoms with Gasteiger partial charge in [0.15, 0.2) is 0 Å². The van der Waals surface area contributed by atoms with Gasteiger partial charge in [-0.2, -0.15) is 0 Å². The summed E-state index contributed by atoms with van der Waals surface area (Å²) in [5.41, 5.74) is 8.76. The van der Waals surface area contributed by atoms with Crippen molar-refractivity contribution in [3.05, 3.63) is 65.7 Å². The number of hydrogen-bond acceptors (Lipinski definition) is 2. The highest BCUT2D eigenvalue weighted by Gasteiger charge is 2.18. The van der Waals surface area contributed by atoms with E-state index in [1.54, 1.807) is 0 Å². The van der Waals surface area contributed by atoms with Gasteiger partial charge in [-0.1, -0.05) is 63.2 Å². The number of hydrogen-bond donors (Lipinski definition) is 1. The maximum Gasteiger partial charge on any atom is 0.120 e. The molecule has 2 atom stereocenters. The summed E-state index contributed by atoms with van der Waals surface area (Å²) in [7, 11) is 0. The maximum atomic E-state index is 6.29. The Balaban J connectivity index is 2.11. The Hall–Kier alpha value is -1.80. The second-order valence-electron chi connectivity index (χ2n) is 6.54. The molecule has 0 amide bonds. The lowest BCUT2D eigenvalue weighted by Gasteiger charge is -2.24. The first-order valence-electron chi connectivity index (χ1n) is 7.45. The van der Waals surface area contributed by atoms with Crippen molar-refractivity contribution in [2.24, 2.45) is 5.73 Å². The quantitative estimate of drug-likeness (QED) is 0.899. The molecular weight excluding hydrogens is 258 g/mol. The topological polar surface area (TPSA) is 35.2 Å². The highest BCUT2D eigenvalue weighted by molar-refractivity contribution is 5.33. The third-order valence-corrected chi connectivity index (χ3v) is 3.71. The van der Waals surface area contributed by atoms with E-state index in [0.29, 0.717) is 0 Å². The average molecular weight is 283 g/mol. The molecule has 2 heteroatoms. The fraction of sp³-hybridized carbons (Fsp3) is 0.368. The molecule has 2 aromatic rings. The smallest absolute Gasteiger partial charge is 0.120 e. The van der Waals surface area contributed by atoms with Gasteiger partial charge in [-0.05, 0) is 35.6 Å². The van der Waals surface area contributed by atoms with E-state index in [1.165, 1.54) is 5.56 Å². The first-order valence-corrected chi connectivity index (χ1v) is 7.45.